The third-order valence-corrected chi connectivity index (χ3v) is 5.71. The van der Waals surface area contributed by atoms with Crippen molar-refractivity contribution in [2.75, 3.05) is 13.1 Å². The molecule has 3 rings (SSSR count). The summed E-state index contributed by atoms with van der Waals surface area (Å²) in [5, 5.41) is 17.2. The second-order valence-electron chi connectivity index (χ2n) is 6.87. The van der Waals surface area contributed by atoms with Crippen molar-refractivity contribution >= 4 is 28.9 Å². The van der Waals surface area contributed by atoms with Gasteiger partial charge in [0.05, 0.1) is 11.0 Å². The van der Waals surface area contributed by atoms with E-state index in [9.17, 15) is 19.5 Å². The topological polar surface area (TPSA) is 95.5 Å². The number of Topliss-reactive ketones (excluding diaryl/α,β-unsaturated/α-hetero) is 1. The maximum Gasteiger partial charge on any atom is 0.251 e. The molecule has 1 aliphatic carbocycles. The molecule has 1 atom stereocenters. The van der Waals surface area contributed by atoms with Crippen LogP contribution in [-0.2, 0) is 17.6 Å². The molecule has 1 aromatic heterocycles. The molecular formula is C21H24N2O4S. The van der Waals surface area contributed by atoms with Crippen molar-refractivity contribution in [1.29, 1.82) is 0 Å². The van der Waals surface area contributed by atoms with E-state index in [-0.39, 0.29) is 43.5 Å². The number of ketones is 1. The van der Waals surface area contributed by atoms with Gasteiger partial charge in [-0.25, -0.2) is 0 Å². The molecule has 3 N–H and O–H groups in total. The van der Waals surface area contributed by atoms with Crippen molar-refractivity contribution in [1.82, 2.24) is 10.6 Å². The molecular weight excluding hydrogens is 376 g/mol. The maximum absolute atomic E-state index is 12.4. The number of rotatable bonds is 9. The van der Waals surface area contributed by atoms with Crippen LogP contribution < -0.4 is 10.6 Å². The van der Waals surface area contributed by atoms with Crippen LogP contribution in [0.2, 0.25) is 0 Å². The Morgan fingerprint density at radius 1 is 1.04 bits per heavy atom. The van der Waals surface area contributed by atoms with Crippen LogP contribution in [0.5, 0.6) is 0 Å². The number of carbonyl (C=O) groups excluding carboxylic acids is 3. The normalized spacial score (nSPS) is 13.6. The third kappa shape index (κ3) is 5.27. The number of hydrogen-bond acceptors (Lipinski definition) is 5. The van der Waals surface area contributed by atoms with Gasteiger partial charge in [-0.1, -0.05) is 18.2 Å². The van der Waals surface area contributed by atoms with Gasteiger partial charge in [-0.05, 0) is 47.9 Å². The molecule has 1 aliphatic rings. The molecule has 6 nitrogen and oxygen atoms in total. The molecule has 0 saturated carbocycles. The number of amides is 2. The lowest BCUT2D eigenvalue weighted by atomic mass is 10.0. The summed E-state index contributed by atoms with van der Waals surface area (Å²) in [6, 6.07) is 9.27. The Balaban J connectivity index is 1.37. The summed E-state index contributed by atoms with van der Waals surface area (Å²) < 4.78 is 0. The predicted molar refractivity (Wildman–Crippen MR) is 108 cm³/mol. The number of thiophene rings is 1. The molecule has 148 valence electrons. The Morgan fingerprint density at radius 2 is 1.86 bits per heavy atom. The van der Waals surface area contributed by atoms with E-state index < -0.39 is 6.10 Å². The first-order valence-electron chi connectivity index (χ1n) is 9.45. The molecule has 0 spiro atoms. The summed E-state index contributed by atoms with van der Waals surface area (Å²) in [6.45, 7) is 0.0795. The Morgan fingerprint density at radius 3 is 2.64 bits per heavy atom. The summed E-state index contributed by atoms with van der Waals surface area (Å²) in [4.78, 5) is 36.8. The molecule has 0 radical (unpaired) electrons. The summed E-state index contributed by atoms with van der Waals surface area (Å²) in [5.74, 6) is -0.560. The minimum absolute atomic E-state index is 0.0270. The van der Waals surface area contributed by atoms with Crippen LogP contribution >= 0.6 is 11.3 Å². The third-order valence-electron chi connectivity index (χ3n) is 4.80. The van der Waals surface area contributed by atoms with Crippen molar-refractivity contribution in [3.8, 4) is 0 Å². The van der Waals surface area contributed by atoms with Crippen molar-refractivity contribution in [3.63, 3.8) is 0 Å². The lowest BCUT2D eigenvalue weighted by Gasteiger charge is -2.14. The standard InChI is InChI=1S/C21H24N2O4S/c24-15(12-22-20(26)10-9-18(25)19-8-3-11-28-19)13-23-21(27)17-7-2-5-14-4-1-6-16(14)17/h2-3,5,7-8,11,15,24H,1,4,6,9-10,12-13H2,(H,22,26)(H,23,27). The highest BCUT2D eigenvalue weighted by molar-refractivity contribution is 7.12. The van der Waals surface area contributed by atoms with Crippen molar-refractivity contribution < 1.29 is 19.5 Å². The van der Waals surface area contributed by atoms with Crippen LogP contribution in [0.25, 0.3) is 0 Å². The number of fused-ring (bicyclic) bond motifs is 1. The Kier molecular flexibility index (Phi) is 6.95. The lowest BCUT2D eigenvalue weighted by Crippen LogP contribution is -2.40. The molecule has 28 heavy (non-hydrogen) atoms. The molecule has 0 bridgehead atoms. The fourth-order valence-electron chi connectivity index (χ4n) is 3.32. The summed E-state index contributed by atoms with van der Waals surface area (Å²) in [7, 11) is 0. The highest BCUT2D eigenvalue weighted by Crippen LogP contribution is 2.25. The van der Waals surface area contributed by atoms with Gasteiger partial charge in [-0.2, -0.15) is 0 Å². The van der Waals surface area contributed by atoms with Gasteiger partial charge in [-0.3, -0.25) is 14.4 Å². The first-order valence-corrected chi connectivity index (χ1v) is 10.3. The van der Waals surface area contributed by atoms with E-state index in [2.05, 4.69) is 10.6 Å². The highest BCUT2D eigenvalue weighted by Gasteiger charge is 2.19. The lowest BCUT2D eigenvalue weighted by molar-refractivity contribution is -0.121. The zero-order valence-electron chi connectivity index (χ0n) is 15.6. The Hall–Kier alpha value is -2.51. The zero-order chi connectivity index (χ0) is 19.9. The number of nitrogens with one attached hydrogen (secondary N) is 2. The summed E-state index contributed by atoms with van der Waals surface area (Å²) >= 11 is 1.35. The van der Waals surface area contributed by atoms with Gasteiger partial charge in [0.25, 0.3) is 5.91 Å². The predicted octanol–water partition coefficient (Wildman–Crippen LogP) is 2.11. The van der Waals surface area contributed by atoms with Crippen LogP contribution in [0.4, 0.5) is 0 Å². The van der Waals surface area contributed by atoms with Crippen LogP contribution in [0.3, 0.4) is 0 Å². The van der Waals surface area contributed by atoms with Crippen LogP contribution in [0.1, 0.15) is 50.4 Å². The average Bonchev–Trinajstić information content (AvgIpc) is 3.39. The number of carbonyl (C=O) groups is 3. The monoisotopic (exact) mass is 400 g/mol. The SMILES string of the molecule is O=C(CCC(=O)c1cccs1)NCC(O)CNC(=O)c1cccc2c1CCC2. The van der Waals surface area contributed by atoms with E-state index in [4.69, 9.17) is 0 Å². The Bertz CT molecular complexity index is 848. The zero-order valence-corrected chi connectivity index (χ0v) is 16.4. The first kappa shape index (κ1) is 20.2. The van der Waals surface area contributed by atoms with Gasteiger partial charge in [0.15, 0.2) is 5.78 Å². The van der Waals surface area contributed by atoms with Gasteiger partial charge >= 0.3 is 0 Å². The smallest absolute Gasteiger partial charge is 0.251 e. The van der Waals surface area contributed by atoms with Gasteiger partial charge < -0.3 is 15.7 Å². The minimum Gasteiger partial charge on any atom is -0.389 e. The van der Waals surface area contributed by atoms with E-state index in [0.717, 1.165) is 24.8 Å². The van der Waals surface area contributed by atoms with Crippen molar-refractivity contribution in [3.05, 3.63) is 57.3 Å². The van der Waals surface area contributed by atoms with Crippen LogP contribution in [0.15, 0.2) is 35.7 Å². The quantitative estimate of drug-likeness (QED) is 0.562. The number of aliphatic hydroxyl groups excluding tert-OH is 1. The molecule has 1 aromatic carbocycles. The van der Waals surface area contributed by atoms with Gasteiger partial charge in [0, 0.05) is 31.5 Å². The number of benzene rings is 1. The molecule has 1 unspecified atom stereocenters. The molecule has 0 saturated heterocycles. The van der Waals surface area contributed by atoms with Crippen LogP contribution in [0, 0.1) is 0 Å². The number of hydrogen-bond donors (Lipinski definition) is 3. The second-order valence-corrected chi connectivity index (χ2v) is 7.81. The maximum atomic E-state index is 12.4. The van der Waals surface area contributed by atoms with Crippen LogP contribution in [-0.4, -0.2) is 41.9 Å². The van der Waals surface area contributed by atoms with Crippen molar-refractivity contribution in [2.24, 2.45) is 0 Å². The number of aryl methyl sites for hydroxylation is 1. The largest absolute Gasteiger partial charge is 0.389 e. The van der Waals surface area contributed by atoms with E-state index in [1.165, 1.54) is 16.9 Å². The molecule has 0 fully saturated rings. The molecule has 2 amide bonds. The second kappa shape index (κ2) is 9.61. The molecule has 7 heteroatoms. The summed E-state index contributed by atoms with van der Waals surface area (Å²) in [5.41, 5.74) is 2.98. The summed E-state index contributed by atoms with van der Waals surface area (Å²) in [6.07, 6.45) is 2.28. The molecule has 0 aliphatic heterocycles. The Labute approximate surface area is 168 Å². The van der Waals surface area contributed by atoms with Gasteiger partial charge in [-0.15, -0.1) is 11.3 Å². The fourth-order valence-corrected chi connectivity index (χ4v) is 4.01. The van der Waals surface area contributed by atoms with Gasteiger partial charge in [0.2, 0.25) is 5.91 Å². The minimum atomic E-state index is -0.891. The van der Waals surface area contributed by atoms with E-state index in [0.29, 0.717) is 10.4 Å². The molecule has 2 aromatic rings. The first-order chi connectivity index (χ1) is 13.5. The fraction of sp³-hybridized carbons (Fsp3) is 0.381. The molecule has 1 heterocycles. The number of aliphatic hydroxyl groups is 1. The van der Waals surface area contributed by atoms with Crippen molar-refractivity contribution in [2.45, 2.75) is 38.2 Å². The van der Waals surface area contributed by atoms with E-state index in [1.807, 2.05) is 17.5 Å². The van der Waals surface area contributed by atoms with E-state index in [1.54, 1.807) is 18.2 Å². The highest BCUT2D eigenvalue weighted by atomic mass is 32.1. The van der Waals surface area contributed by atoms with Gasteiger partial charge in [0.1, 0.15) is 0 Å². The average molecular weight is 401 g/mol. The van der Waals surface area contributed by atoms with E-state index >= 15 is 0 Å².